The predicted octanol–water partition coefficient (Wildman–Crippen LogP) is 3.54. The van der Waals surface area contributed by atoms with Gasteiger partial charge in [0.1, 0.15) is 5.82 Å². The molecule has 29 heavy (non-hydrogen) atoms. The van der Waals surface area contributed by atoms with Gasteiger partial charge in [0, 0.05) is 18.0 Å². The quantitative estimate of drug-likeness (QED) is 0.648. The number of nitrogens with two attached hydrogens (primary N) is 1. The maximum absolute atomic E-state index is 13.4. The molecular weight excluding hydrogens is 388 g/mol. The number of carbonyl (C=O) groups excluding carboxylic acids is 1. The van der Waals surface area contributed by atoms with Crippen molar-refractivity contribution >= 4 is 28.7 Å². The van der Waals surface area contributed by atoms with Gasteiger partial charge in [-0.2, -0.15) is 0 Å². The summed E-state index contributed by atoms with van der Waals surface area (Å²) in [5.74, 6) is -0.0510. The van der Waals surface area contributed by atoms with E-state index < -0.39 is 11.2 Å². The van der Waals surface area contributed by atoms with Crippen LogP contribution in [0.5, 0.6) is 0 Å². The highest BCUT2D eigenvalue weighted by Crippen LogP contribution is 2.27. The van der Waals surface area contributed by atoms with E-state index in [9.17, 15) is 14.4 Å². The van der Waals surface area contributed by atoms with Gasteiger partial charge in [0.05, 0.1) is 4.88 Å². The lowest BCUT2D eigenvalue weighted by Gasteiger charge is -2.24. The van der Waals surface area contributed by atoms with Crippen LogP contribution in [0.2, 0.25) is 0 Å². The van der Waals surface area contributed by atoms with E-state index in [2.05, 4.69) is 11.9 Å². The summed E-state index contributed by atoms with van der Waals surface area (Å²) >= 11 is 1.44. The molecule has 2 aromatic rings. The molecule has 2 aromatic heterocycles. The molecule has 0 unspecified atom stereocenters. The number of H-pyrrole nitrogens is 1. The van der Waals surface area contributed by atoms with Gasteiger partial charge < -0.3 is 5.73 Å². The third-order valence-corrected chi connectivity index (χ3v) is 5.84. The van der Waals surface area contributed by atoms with Crippen LogP contribution in [0.3, 0.4) is 0 Å². The molecule has 0 saturated heterocycles. The number of anilines is 2. The molecule has 0 spiro atoms. The average Bonchev–Trinajstić information content (AvgIpc) is 3.01. The Labute approximate surface area is 175 Å². The minimum Gasteiger partial charge on any atom is -0.383 e. The summed E-state index contributed by atoms with van der Waals surface area (Å²) in [7, 11) is 0. The molecule has 0 aliphatic carbocycles. The summed E-state index contributed by atoms with van der Waals surface area (Å²) in [6.07, 6.45) is 3.49. The highest BCUT2D eigenvalue weighted by atomic mass is 32.1. The van der Waals surface area contributed by atoms with Crippen molar-refractivity contribution in [1.29, 1.82) is 0 Å². The van der Waals surface area contributed by atoms with Crippen LogP contribution in [-0.4, -0.2) is 22.0 Å². The lowest BCUT2D eigenvalue weighted by atomic mass is 10.1. The molecule has 0 fully saturated rings. The van der Waals surface area contributed by atoms with E-state index >= 15 is 0 Å². The van der Waals surface area contributed by atoms with Crippen LogP contribution in [-0.2, 0) is 13.0 Å². The molecule has 0 aromatic carbocycles. The SMILES string of the molecule is CCCCN(C(=O)c1cc(CCC)c(C)s1)c1c(N)n(CC(C)C)c(=O)[nH]c1=O. The van der Waals surface area contributed by atoms with Gasteiger partial charge in [-0.05, 0) is 37.3 Å². The van der Waals surface area contributed by atoms with E-state index in [0.717, 1.165) is 36.1 Å². The van der Waals surface area contributed by atoms with E-state index in [1.54, 1.807) is 0 Å². The van der Waals surface area contributed by atoms with Crippen LogP contribution < -0.4 is 21.9 Å². The number of rotatable bonds is 9. The average molecular weight is 421 g/mol. The fourth-order valence-electron chi connectivity index (χ4n) is 3.29. The van der Waals surface area contributed by atoms with E-state index in [4.69, 9.17) is 5.73 Å². The summed E-state index contributed by atoms with van der Waals surface area (Å²) in [6.45, 7) is 10.8. The second-order valence-corrected chi connectivity index (χ2v) is 9.01. The van der Waals surface area contributed by atoms with Crippen molar-refractivity contribution in [2.45, 2.75) is 66.8 Å². The molecule has 2 rings (SSSR count). The van der Waals surface area contributed by atoms with Gasteiger partial charge in [0.25, 0.3) is 11.5 Å². The van der Waals surface area contributed by atoms with Crippen LogP contribution in [0.1, 0.15) is 67.1 Å². The molecule has 0 bridgehead atoms. The van der Waals surface area contributed by atoms with Gasteiger partial charge in [-0.25, -0.2) is 4.79 Å². The van der Waals surface area contributed by atoms with Crippen LogP contribution in [0.25, 0.3) is 0 Å². The van der Waals surface area contributed by atoms with Crippen molar-refractivity contribution in [3.05, 3.63) is 42.2 Å². The Balaban J connectivity index is 2.58. The van der Waals surface area contributed by atoms with Crippen molar-refractivity contribution in [2.75, 3.05) is 17.2 Å². The molecule has 3 N–H and O–H groups in total. The second kappa shape index (κ2) is 9.91. The zero-order valence-corrected chi connectivity index (χ0v) is 18.8. The molecule has 0 aliphatic heterocycles. The molecule has 0 atom stereocenters. The van der Waals surface area contributed by atoms with Crippen LogP contribution >= 0.6 is 11.3 Å². The number of hydrogen-bond donors (Lipinski definition) is 2. The number of carbonyl (C=O) groups is 1. The zero-order chi connectivity index (χ0) is 21.7. The summed E-state index contributed by atoms with van der Waals surface area (Å²) in [6, 6.07) is 1.92. The Hall–Kier alpha value is -2.35. The molecule has 1 amide bonds. The Bertz CT molecular complexity index is 971. The van der Waals surface area contributed by atoms with Crippen molar-refractivity contribution in [3.8, 4) is 0 Å². The Morgan fingerprint density at radius 1 is 1.28 bits per heavy atom. The summed E-state index contributed by atoms with van der Waals surface area (Å²) in [4.78, 5) is 43.8. The van der Waals surface area contributed by atoms with Gasteiger partial charge in [-0.3, -0.25) is 24.0 Å². The van der Waals surface area contributed by atoms with Crippen LogP contribution in [0, 0.1) is 12.8 Å². The Morgan fingerprint density at radius 2 is 1.97 bits per heavy atom. The molecule has 7 nitrogen and oxygen atoms in total. The van der Waals surface area contributed by atoms with E-state index in [-0.39, 0.29) is 23.3 Å². The topological polar surface area (TPSA) is 101 Å². The normalized spacial score (nSPS) is 11.2. The number of amides is 1. The van der Waals surface area contributed by atoms with Crippen LogP contribution in [0.15, 0.2) is 15.7 Å². The smallest absolute Gasteiger partial charge is 0.330 e. The fraction of sp³-hybridized carbons (Fsp3) is 0.571. The number of nitrogen functional groups attached to an aromatic ring is 1. The van der Waals surface area contributed by atoms with Gasteiger partial charge in [-0.15, -0.1) is 11.3 Å². The number of aromatic nitrogens is 2. The van der Waals surface area contributed by atoms with Crippen LogP contribution in [0.4, 0.5) is 11.5 Å². The lowest BCUT2D eigenvalue weighted by Crippen LogP contribution is -2.41. The van der Waals surface area contributed by atoms with Gasteiger partial charge in [0.15, 0.2) is 5.69 Å². The third kappa shape index (κ3) is 5.18. The first-order valence-electron chi connectivity index (χ1n) is 10.2. The summed E-state index contributed by atoms with van der Waals surface area (Å²) in [5.41, 5.74) is 6.30. The standard InChI is InChI=1S/C21H32N4O3S/c1-6-8-10-24(20(27)16-11-15(9-7-2)14(5)29-16)17-18(22)25(12-13(3)4)21(28)23-19(17)26/h11,13H,6-10,12,22H2,1-5H3,(H,23,26,28). The van der Waals surface area contributed by atoms with Gasteiger partial charge >= 0.3 is 5.69 Å². The van der Waals surface area contributed by atoms with Crippen molar-refractivity contribution in [2.24, 2.45) is 5.92 Å². The largest absolute Gasteiger partial charge is 0.383 e. The summed E-state index contributed by atoms with van der Waals surface area (Å²) < 4.78 is 1.34. The minimum atomic E-state index is -0.626. The second-order valence-electron chi connectivity index (χ2n) is 7.75. The monoisotopic (exact) mass is 420 g/mol. The molecule has 8 heteroatoms. The fourth-order valence-corrected chi connectivity index (χ4v) is 4.31. The third-order valence-electron chi connectivity index (χ3n) is 4.76. The van der Waals surface area contributed by atoms with E-state index in [1.807, 2.05) is 33.8 Å². The van der Waals surface area contributed by atoms with E-state index in [0.29, 0.717) is 18.0 Å². The number of hydrogen-bond acceptors (Lipinski definition) is 5. The number of aromatic amines is 1. The first-order chi connectivity index (χ1) is 13.7. The minimum absolute atomic E-state index is 0.0407. The van der Waals surface area contributed by atoms with Crippen molar-refractivity contribution in [3.63, 3.8) is 0 Å². The molecule has 0 aliphatic rings. The lowest BCUT2D eigenvalue weighted by molar-refractivity contribution is 0.0990. The number of thiophene rings is 1. The number of aryl methyl sites for hydroxylation is 2. The van der Waals surface area contributed by atoms with Gasteiger partial charge in [-0.1, -0.05) is 40.5 Å². The molecule has 0 saturated carbocycles. The zero-order valence-electron chi connectivity index (χ0n) is 18.0. The molecule has 2 heterocycles. The Morgan fingerprint density at radius 3 is 2.55 bits per heavy atom. The highest BCUT2D eigenvalue weighted by molar-refractivity contribution is 7.14. The van der Waals surface area contributed by atoms with Gasteiger partial charge in [0.2, 0.25) is 0 Å². The first kappa shape index (κ1) is 22.9. The summed E-state index contributed by atoms with van der Waals surface area (Å²) in [5, 5.41) is 0. The predicted molar refractivity (Wildman–Crippen MR) is 120 cm³/mol. The number of nitrogens with zero attached hydrogens (tertiary/aromatic N) is 2. The number of unbranched alkanes of at least 4 members (excludes halogenated alkanes) is 1. The highest BCUT2D eigenvalue weighted by Gasteiger charge is 2.26. The maximum atomic E-state index is 13.4. The number of nitrogens with one attached hydrogen (secondary N) is 1. The first-order valence-corrected chi connectivity index (χ1v) is 11.1. The maximum Gasteiger partial charge on any atom is 0.330 e. The molecule has 0 radical (unpaired) electrons. The molecular formula is C21H32N4O3S. The molecule has 160 valence electrons. The van der Waals surface area contributed by atoms with Crippen molar-refractivity contribution < 1.29 is 4.79 Å². The van der Waals surface area contributed by atoms with Crippen molar-refractivity contribution in [1.82, 2.24) is 9.55 Å². The van der Waals surface area contributed by atoms with E-state index in [1.165, 1.54) is 20.8 Å². The Kier molecular flexibility index (Phi) is 7.84.